The molecule has 2 saturated carbocycles. The van der Waals surface area contributed by atoms with E-state index >= 15 is 0 Å². The zero-order valence-corrected chi connectivity index (χ0v) is 20.8. The van der Waals surface area contributed by atoms with Crippen LogP contribution in [0.1, 0.15) is 65.4 Å². The zero-order valence-electron chi connectivity index (χ0n) is 20.8. The highest BCUT2D eigenvalue weighted by atomic mass is 19.1. The van der Waals surface area contributed by atoms with Gasteiger partial charge in [-0.05, 0) is 43.6 Å². The van der Waals surface area contributed by atoms with Crippen LogP contribution in [0.15, 0.2) is 29.2 Å². The molecule has 1 unspecified atom stereocenters. The summed E-state index contributed by atoms with van der Waals surface area (Å²) in [6, 6.07) is 3.14. The summed E-state index contributed by atoms with van der Waals surface area (Å²) in [6.45, 7) is 1.93. The van der Waals surface area contributed by atoms with E-state index in [9.17, 15) is 23.2 Å². The molecule has 2 amide bonds. The molecule has 2 fully saturated rings. The average molecular weight is 503 g/mol. The number of ether oxygens (including phenoxy) is 1. The molecule has 2 aliphatic rings. The van der Waals surface area contributed by atoms with Gasteiger partial charge in [-0.2, -0.15) is 0 Å². The molecule has 0 aliphatic heterocycles. The van der Waals surface area contributed by atoms with Crippen LogP contribution >= 0.6 is 0 Å². The number of hydrogen-bond acceptors (Lipinski definition) is 5. The number of carbonyl (C=O) groups is 2. The van der Waals surface area contributed by atoms with Gasteiger partial charge >= 0.3 is 0 Å². The van der Waals surface area contributed by atoms with Crippen molar-refractivity contribution < 1.29 is 23.1 Å². The second-order valence-corrected chi connectivity index (χ2v) is 9.48. The minimum atomic E-state index is -0.805. The number of nitrogens with zero attached hydrogens (tertiary/aromatic N) is 2. The van der Waals surface area contributed by atoms with Crippen LogP contribution in [0.2, 0.25) is 0 Å². The molecule has 8 nitrogen and oxygen atoms in total. The van der Waals surface area contributed by atoms with Crippen molar-refractivity contribution >= 4 is 11.8 Å². The molecular formula is C26H32F2N4O4. The van der Waals surface area contributed by atoms with Gasteiger partial charge in [0.25, 0.3) is 11.8 Å². The Bertz CT molecular complexity index is 1220. The molecular weight excluding hydrogens is 470 g/mol. The SMILES string of the molecule is CCCCOc1c(C(=O)N(C)[C@H]2CC[C@@H]3CC32)n(NC)cc(C(=O)NCc2ccc(F)cc2F)c1=O. The van der Waals surface area contributed by atoms with Crippen LogP contribution in [0.25, 0.3) is 0 Å². The Kier molecular flexibility index (Phi) is 7.61. The molecule has 194 valence electrons. The Balaban J connectivity index is 1.65. The maximum Gasteiger partial charge on any atom is 0.276 e. The first kappa shape index (κ1) is 25.7. The minimum absolute atomic E-state index is 0.0336. The van der Waals surface area contributed by atoms with Crippen molar-refractivity contribution in [1.29, 1.82) is 0 Å². The lowest BCUT2D eigenvalue weighted by molar-refractivity contribution is 0.0701. The van der Waals surface area contributed by atoms with E-state index in [0.717, 1.165) is 37.8 Å². The summed E-state index contributed by atoms with van der Waals surface area (Å²) >= 11 is 0. The Morgan fingerprint density at radius 1 is 1.25 bits per heavy atom. The van der Waals surface area contributed by atoms with Crippen LogP contribution < -0.4 is 20.9 Å². The van der Waals surface area contributed by atoms with Gasteiger partial charge in [0, 0.05) is 44.5 Å². The van der Waals surface area contributed by atoms with Crippen LogP contribution in [0, 0.1) is 23.5 Å². The quantitative estimate of drug-likeness (QED) is 0.487. The number of aromatic nitrogens is 1. The number of halogens is 2. The molecule has 10 heteroatoms. The highest BCUT2D eigenvalue weighted by Gasteiger charge is 2.50. The zero-order chi connectivity index (χ0) is 26.0. The Labute approximate surface area is 208 Å². The first-order valence-electron chi connectivity index (χ1n) is 12.4. The van der Waals surface area contributed by atoms with Crippen molar-refractivity contribution in [3.63, 3.8) is 0 Å². The van der Waals surface area contributed by atoms with Crippen molar-refractivity contribution in [3.8, 4) is 5.75 Å². The van der Waals surface area contributed by atoms with Gasteiger partial charge in [-0.1, -0.05) is 19.4 Å². The Hall–Kier alpha value is -3.43. The number of unbranched alkanes of at least 4 members (excludes halogenated alkanes) is 1. The van der Waals surface area contributed by atoms with Crippen LogP contribution in [-0.2, 0) is 6.54 Å². The Morgan fingerprint density at radius 3 is 2.64 bits per heavy atom. The fraction of sp³-hybridized carbons (Fsp3) is 0.500. The van der Waals surface area contributed by atoms with Gasteiger partial charge in [-0.25, -0.2) is 8.78 Å². The molecule has 0 spiro atoms. The monoisotopic (exact) mass is 502 g/mol. The number of carbonyl (C=O) groups excluding carboxylic acids is 2. The average Bonchev–Trinajstić information content (AvgIpc) is 3.52. The van der Waals surface area contributed by atoms with E-state index in [-0.39, 0.29) is 47.7 Å². The molecule has 0 saturated heterocycles. The molecule has 4 rings (SSSR count). The van der Waals surface area contributed by atoms with Crippen LogP contribution in [-0.4, -0.2) is 48.1 Å². The largest absolute Gasteiger partial charge is 0.487 e. The van der Waals surface area contributed by atoms with E-state index < -0.39 is 23.0 Å². The minimum Gasteiger partial charge on any atom is -0.487 e. The predicted octanol–water partition coefficient (Wildman–Crippen LogP) is 3.28. The highest BCUT2D eigenvalue weighted by Crippen LogP contribution is 2.53. The number of benzene rings is 1. The van der Waals surface area contributed by atoms with Gasteiger partial charge in [0.15, 0.2) is 11.4 Å². The van der Waals surface area contributed by atoms with Crippen LogP contribution in [0.4, 0.5) is 8.78 Å². The smallest absolute Gasteiger partial charge is 0.276 e. The molecule has 0 radical (unpaired) electrons. The summed E-state index contributed by atoms with van der Waals surface area (Å²) in [7, 11) is 3.31. The van der Waals surface area contributed by atoms with Crippen molar-refractivity contribution in [2.75, 3.05) is 26.1 Å². The molecule has 2 aliphatic carbocycles. The van der Waals surface area contributed by atoms with E-state index in [2.05, 4.69) is 10.7 Å². The standard InChI is InChI=1S/C26H32F2N4O4/c1-4-5-10-36-24-22(26(35)31(3)21-9-7-15-11-18(15)21)32(29-2)14-19(23(24)33)25(34)30-13-16-6-8-17(27)12-20(16)28/h6,8,12,14-15,18,21,29H,4-5,7,9-11,13H2,1-3H3,(H,30,34)/t15-,18?,21+/m1/s1. The van der Waals surface area contributed by atoms with Crippen molar-refractivity contribution in [1.82, 2.24) is 14.9 Å². The number of hydrogen-bond donors (Lipinski definition) is 2. The third kappa shape index (κ3) is 5.08. The number of rotatable bonds is 10. The van der Waals surface area contributed by atoms with E-state index in [1.54, 1.807) is 19.0 Å². The number of amides is 2. The third-order valence-corrected chi connectivity index (χ3v) is 7.17. The molecule has 0 bridgehead atoms. The molecule has 3 atom stereocenters. The van der Waals surface area contributed by atoms with Gasteiger partial charge < -0.3 is 20.4 Å². The van der Waals surface area contributed by atoms with Gasteiger partial charge in [-0.15, -0.1) is 0 Å². The van der Waals surface area contributed by atoms with Gasteiger partial charge in [-0.3, -0.25) is 19.1 Å². The Morgan fingerprint density at radius 2 is 2.03 bits per heavy atom. The summed E-state index contributed by atoms with van der Waals surface area (Å²) < 4.78 is 34.3. The van der Waals surface area contributed by atoms with Crippen LogP contribution in [0.3, 0.4) is 0 Å². The van der Waals surface area contributed by atoms with Crippen molar-refractivity contribution in [2.24, 2.45) is 11.8 Å². The highest BCUT2D eigenvalue weighted by molar-refractivity contribution is 5.99. The molecule has 1 heterocycles. The maximum absolute atomic E-state index is 14.0. The van der Waals surface area contributed by atoms with Crippen molar-refractivity contribution in [3.05, 3.63) is 63.1 Å². The number of pyridine rings is 1. The summed E-state index contributed by atoms with van der Waals surface area (Å²) in [5, 5.41) is 2.50. The lowest BCUT2D eigenvalue weighted by Gasteiger charge is -2.28. The number of nitrogens with one attached hydrogen (secondary N) is 2. The lowest BCUT2D eigenvalue weighted by atomic mass is 10.1. The molecule has 2 N–H and O–H groups in total. The predicted molar refractivity (Wildman–Crippen MR) is 131 cm³/mol. The molecule has 36 heavy (non-hydrogen) atoms. The molecule has 1 aromatic carbocycles. The fourth-order valence-corrected chi connectivity index (χ4v) is 4.99. The maximum atomic E-state index is 14.0. The lowest BCUT2D eigenvalue weighted by Crippen LogP contribution is -2.41. The van der Waals surface area contributed by atoms with E-state index in [4.69, 9.17) is 4.74 Å². The summed E-state index contributed by atoms with van der Waals surface area (Å²) in [5.74, 6) is -1.68. The molecule has 1 aromatic heterocycles. The summed E-state index contributed by atoms with van der Waals surface area (Å²) in [4.78, 5) is 41.7. The van der Waals surface area contributed by atoms with E-state index in [1.165, 1.54) is 16.9 Å². The van der Waals surface area contributed by atoms with E-state index in [1.807, 2.05) is 6.92 Å². The third-order valence-electron chi connectivity index (χ3n) is 7.17. The first-order chi connectivity index (χ1) is 17.3. The molecule has 2 aromatic rings. The normalized spacial score (nSPS) is 20.0. The number of fused-ring (bicyclic) bond motifs is 1. The second-order valence-electron chi connectivity index (χ2n) is 9.48. The summed E-state index contributed by atoms with van der Waals surface area (Å²) in [6.07, 6.45) is 5.87. The summed E-state index contributed by atoms with van der Waals surface area (Å²) in [5.41, 5.74) is 1.98. The first-order valence-corrected chi connectivity index (χ1v) is 12.4. The fourth-order valence-electron chi connectivity index (χ4n) is 4.99. The second kappa shape index (κ2) is 10.7. The van der Waals surface area contributed by atoms with Gasteiger partial charge in [0.2, 0.25) is 5.43 Å². The van der Waals surface area contributed by atoms with Crippen LogP contribution in [0.5, 0.6) is 5.75 Å². The van der Waals surface area contributed by atoms with E-state index in [0.29, 0.717) is 18.3 Å². The van der Waals surface area contributed by atoms with Gasteiger partial charge in [0.05, 0.1) is 6.61 Å². The topological polar surface area (TPSA) is 92.7 Å². The van der Waals surface area contributed by atoms with Gasteiger partial charge in [0.1, 0.15) is 17.2 Å². The van der Waals surface area contributed by atoms with Crippen molar-refractivity contribution in [2.45, 2.75) is 51.6 Å².